The van der Waals surface area contributed by atoms with Crippen molar-refractivity contribution in [3.8, 4) is 5.75 Å². The minimum Gasteiger partial charge on any atom is -0.497 e. The van der Waals surface area contributed by atoms with Crippen LogP contribution in [0.2, 0.25) is 18.1 Å². The molecule has 0 aromatic heterocycles. The highest BCUT2D eigenvalue weighted by Gasteiger charge is 2.52. The van der Waals surface area contributed by atoms with Gasteiger partial charge >= 0.3 is 5.97 Å². The number of carbonyl (C=O) groups excluding carboxylic acids is 1. The Balaban J connectivity index is 2.32. The van der Waals surface area contributed by atoms with E-state index in [1.807, 2.05) is 24.3 Å². The molecule has 0 radical (unpaired) electrons. The maximum absolute atomic E-state index is 12.6. The summed E-state index contributed by atoms with van der Waals surface area (Å²) >= 11 is 0. The van der Waals surface area contributed by atoms with E-state index >= 15 is 0 Å². The Bertz CT molecular complexity index is 882. The average Bonchev–Trinajstić information content (AvgIpc) is 3.11. The number of esters is 1. The summed E-state index contributed by atoms with van der Waals surface area (Å²) in [7, 11) is 0.731. The van der Waals surface area contributed by atoms with Crippen molar-refractivity contribution >= 4 is 14.3 Å². The third-order valence-electron chi connectivity index (χ3n) is 6.57. The first-order chi connectivity index (χ1) is 16.2. The van der Waals surface area contributed by atoms with Crippen molar-refractivity contribution in [1.29, 1.82) is 0 Å². The van der Waals surface area contributed by atoms with Crippen LogP contribution < -0.4 is 4.74 Å². The van der Waals surface area contributed by atoms with Gasteiger partial charge in [-0.1, -0.05) is 39.5 Å². The van der Waals surface area contributed by atoms with Crippen molar-refractivity contribution in [3.05, 3.63) is 48.2 Å². The lowest BCUT2D eigenvalue weighted by molar-refractivity contribution is -0.169. The van der Waals surface area contributed by atoms with E-state index in [4.69, 9.17) is 28.1 Å². The Morgan fingerprint density at radius 3 is 2.34 bits per heavy atom. The number of ether oxygens (including phenoxy) is 5. The van der Waals surface area contributed by atoms with Gasteiger partial charge in [0, 0.05) is 6.42 Å². The van der Waals surface area contributed by atoms with Gasteiger partial charge in [-0.05, 0) is 55.8 Å². The third-order valence-corrected chi connectivity index (χ3v) is 11.1. The van der Waals surface area contributed by atoms with E-state index in [0.717, 1.165) is 11.3 Å². The summed E-state index contributed by atoms with van der Waals surface area (Å²) in [5.74, 6) is -0.653. The molecular weight excluding hydrogens is 464 g/mol. The van der Waals surface area contributed by atoms with Gasteiger partial charge < -0.3 is 28.1 Å². The lowest BCUT2D eigenvalue weighted by Crippen LogP contribution is -2.51. The quantitative estimate of drug-likeness (QED) is 0.226. The van der Waals surface area contributed by atoms with Crippen LogP contribution in [0.15, 0.2) is 42.7 Å². The molecule has 1 aromatic carbocycles. The summed E-state index contributed by atoms with van der Waals surface area (Å²) in [6.07, 6.45) is -0.193. The second-order valence-electron chi connectivity index (χ2n) is 10.8. The molecule has 8 heteroatoms. The van der Waals surface area contributed by atoms with Gasteiger partial charge in [0.25, 0.3) is 0 Å². The summed E-state index contributed by atoms with van der Waals surface area (Å²) in [6.45, 7) is 18.5. The van der Waals surface area contributed by atoms with Gasteiger partial charge in [0.1, 0.15) is 11.9 Å². The predicted octanol–water partition coefficient (Wildman–Crippen LogP) is 5.40. The SMILES string of the molecule is C=C=C[C@H](C[C@H](O[Si](C)(C)C(C)(C)C)[C@@H]1OC(C)(C)O[C@@H]1C(=O)OC)OCc1ccc(OC)cc1. The second kappa shape index (κ2) is 11.9. The molecule has 2 rings (SSSR count). The van der Waals surface area contributed by atoms with Crippen LogP contribution in [0.3, 0.4) is 0 Å². The number of methoxy groups -OCH3 is 2. The molecule has 1 aliphatic rings. The lowest BCUT2D eigenvalue weighted by atomic mass is 10.0. The summed E-state index contributed by atoms with van der Waals surface area (Å²) in [6, 6.07) is 7.71. The molecule has 0 amide bonds. The highest BCUT2D eigenvalue weighted by atomic mass is 28.4. The first kappa shape index (κ1) is 29.3. The van der Waals surface area contributed by atoms with Crippen LogP contribution in [0.5, 0.6) is 5.75 Å². The molecule has 0 N–H and O–H groups in total. The minimum absolute atomic E-state index is 0.0469. The van der Waals surface area contributed by atoms with E-state index in [0.29, 0.717) is 13.0 Å². The van der Waals surface area contributed by atoms with Crippen molar-refractivity contribution in [2.24, 2.45) is 0 Å². The molecule has 7 nitrogen and oxygen atoms in total. The molecule has 0 unspecified atom stereocenters. The zero-order chi connectivity index (χ0) is 26.4. The number of rotatable bonds is 11. The zero-order valence-electron chi connectivity index (χ0n) is 22.7. The van der Waals surface area contributed by atoms with E-state index in [1.54, 1.807) is 27.0 Å². The molecule has 1 fully saturated rings. The predicted molar refractivity (Wildman–Crippen MR) is 138 cm³/mol. The van der Waals surface area contributed by atoms with Crippen LogP contribution in [-0.4, -0.2) is 58.7 Å². The van der Waals surface area contributed by atoms with Crippen molar-refractivity contribution in [2.45, 2.75) is 96.0 Å². The molecule has 4 atom stereocenters. The van der Waals surface area contributed by atoms with Gasteiger partial charge in [0.05, 0.1) is 33.0 Å². The summed E-state index contributed by atoms with van der Waals surface area (Å²) in [5.41, 5.74) is 3.85. The maximum Gasteiger partial charge on any atom is 0.337 e. The molecule has 196 valence electrons. The highest BCUT2D eigenvalue weighted by molar-refractivity contribution is 6.74. The molecule has 1 aliphatic heterocycles. The molecule has 0 spiro atoms. The normalized spacial score (nSPS) is 21.6. The Hall–Kier alpha value is -1.93. The average molecular weight is 507 g/mol. The monoisotopic (exact) mass is 506 g/mol. The fourth-order valence-corrected chi connectivity index (χ4v) is 4.97. The van der Waals surface area contributed by atoms with E-state index < -0.39 is 38.4 Å². The Morgan fingerprint density at radius 2 is 1.83 bits per heavy atom. The van der Waals surface area contributed by atoms with Crippen LogP contribution >= 0.6 is 0 Å². The van der Waals surface area contributed by atoms with Crippen LogP contribution in [0.4, 0.5) is 0 Å². The van der Waals surface area contributed by atoms with Crippen LogP contribution in [0.1, 0.15) is 46.6 Å². The van der Waals surface area contributed by atoms with Crippen molar-refractivity contribution < 1.29 is 32.9 Å². The highest BCUT2D eigenvalue weighted by Crippen LogP contribution is 2.41. The van der Waals surface area contributed by atoms with Gasteiger partial charge in [-0.25, -0.2) is 4.79 Å². The maximum atomic E-state index is 12.6. The molecular formula is C27H42O7Si. The molecule has 1 heterocycles. The van der Waals surface area contributed by atoms with E-state index in [1.165, 1.54) is 7.11 Å². The van der Waals surface area contributed by atoms with Crippen LogP contribution in [-0.2, 0) is 34.8 Å². The van der Waals surface area contributed by atoms with Gasteiger partial charge in [-0.3, -0.25) is 0 Å². The number of hydrogen-bond acceptors (Lipinski definition) is 7. The van der Waals surface area contributed by atoms with Crippen molar-refractivity contribution in [2.75, 3.05) is 14.2 Å². The Kier molecular flexibility index (Phi) is 9.93. The topological polar surface area (TPSA) is 72.5 Å². The van der Waals surface area contributed by atoms with Gasteiger partial charge in [-0.15, -0.1) is 5.73 Å². The fraction of sp³-hybridized carbons (Fsp3) is 0.630. The van der Waals surface area contributed by atoms with E-state index in [9.17, 15) is 4.79 Å². The fourth-order valence-electron chi connectivity index (χ4n) is 3.63. The van der Waals surface area contributed by atoms with E-state index in [-0.39, 0.29) is 11.1 Å². The third kappa shape index (κ3) is 8.03. The molecule has 1 aromatic rings. The Labute approximate surface area is 211 Å². The molecule has 35 heavy (non-hydrogen) atoms. The van der Waals surface area contributed by atoms with Crippen LogP contribution in [0, 0.1) is 0 Å². The van der Waals surface area contributed by atoms with Gasteiger partial charge in [0.15, 0.2) is 20.2 Å². The van der Waals surface area contributed by atoms with Crippen LogP contribution in [0.25, 0.3) is 0 Å². The number of hydrogen-bond donors (Lipinski definition) is 0. The van der Waals surface area contributed by atoms with Gasteiger partial charge in [0.2, 0.25) is 0 Å². The Morgan fingerprint density at radius 1 is 1.20 bits per heavy atom. The smallest absolute Gasteiger partial charge is 0.337 e. The molecule has 0 aliphatic carbocycles. The van der Waals surface area contributed by atoms with Crippen molar-refractivity contribution in [3.63, 3.8) is 0 Å². The summed E-state index contributed by atoms with van der Waals surface area (Å²) in [5, 5.41) is -0.0469. The van der Waals surface area contributed by atoms with E-state index in [2.05, 4.69) is 46.2 Å². The minimum atomic E-state index is -2.25. The van der Waals surface area contributed by atoms with Gasteiger partial charge in [-0.2, -0.15) is 0 Å². The standard InChI is InChI=1S/C27H42O7Si/c1-11-12-21(31-18-19-13-15-20(29-7)16-14-19)17-22(34-35(9,10)26(2,3)4)23-24(25(28)30-8)33-27(5,6)32-23/h12-16,21-24H,1,17-18H2,2-10H3/t21-,22+,23+,24+/m1/s1. The summed E-state index contributed by atoms with van der Waals surface area (Å²) in [4.78, 5) is 12.6. The molecule has 0 bridgehead atoms. The number of benzene rings is 1. The lowest BCUT2D eigenvalue weighted by Gasteiger charge is -2.41. The summed E-state index contributed by atoms with van der Waals surface area (Å²) < 4.78 is 35.5. The van der Waals surface area contributed by atoms with Crippen molar-refractivity contribution in [1.82, 2.24) is 0 Å². The molecule has 1 saturated heterocycles. The molecule has 0 saturated carbocycles. The number of carbonyl (C=O) groups is 1. The largest absolute Gasteiger partial charge is 0.497 e. The second-order valence-corrected chi connectivity index (χ2v) is 15.5. The first-order valence-electron chi connectivity index (χ1n) is 11.9. The first-order valence-corrected chi connectivity index (χ1v) is 14.9. The zero-order valence-corrected chi connectivity index (χ0v) is 23.7.